The smallest absolute Gasteiger partial charge is 0.303 e. The van der Waals surface area contributed by atoms with E-state index in [0.717, 1.165) is 13.1 Å². The summed E-state index contributed by atoms with van der Waals surface area (Å²) in [5.74, 6) is -0.721. The molecule has 0 radical (unpaired) electrons. The van der Waals surface area contributed by atoms with E-state index in [1.807, 2.05) is 21.0 Å². The van der Waals surface area contributed by atoms with Gasteiger partial charge in [0.25, 0.3) is 0 Å². The van der Waals surface area contributed by atoms with Crippen LogP contribution in [0, 0.1) is 0 Å². The van der Waals surface area contributed by atoms with Crippen molar-refractivity contribution in [3.8, 4) is 0 Å². The molecule has 1 atom stereocenters. The normalized spacial score (nSPS) is 13.2. The summed E-state index contributed by atoms with van der Waals surface area (Å²) >= 11 is 0. The van der Waals surface area contributed by atoms with Crippen LogP contribution in [-0.4, -0.2) is 49.2 Å². The Hall–Kier alpha value is -0.610. The van der Waals surface area contributed by atoms with Gasteiger partial charge in [0.15, 0.2) is 0 Å². The highest BCUT2D eigenvalue weighted by molar-refractivity contribution is 5.66. The van der Waals surface area contributed by atoms with Crippen molar-refractivity contribution in [1.82, 2.24) is 10.2 Å². The van der Waals surface area contributed by atoms with Gasteiger partial charge in [0.05, 0.1) is 0 Å². The Morgan fingerprint density at radius 1 is 1.54 bits per heavy atom. The molecule has 0 aliphatic heterocycles. The Labute approximate surface area is 79.9 Å². The molecule has 2 N–H and O–H groups in total. The first-order chi connectivity index (χ1) is 6.02. The van der Waals surface area contributed by atoms with E-state index in [9.17, 15) is 4.79 Å². The zero-order valence-electron chi connectivity index (χ0n) is 8.71. The number of hydrogen-bond acceptors (Lipinski definition) is 3. The van der Waals surface area contributed by atoms with E-state index in [4.69, 9.17) is 5.11 Å². The van der Waals surface area contributed by atoms with Crippen molar-refractivity contribution in [2.45, 2.75) is 25.8 Å². The maximum atomic E-state index is 10.2. The summed E-state index contributed by atoms with van der Waals surface area (Å²) < 4.78 is 0. The van der Waals surface area contributed by atoms with Crippen molar-refractivity contribution in [2.24, 2.45) is 0 Å². The summed E-state index contributed by atoms with van der Waals surface area (Å²) in [6.07, 6.45) is 0.943. The zero-order valence-corrected chi connectivity index (χ0v) is 8.71. The SMILES string of the molecule is CC(CCC(=O)O)NCCN(C)C. The summed E-state index contributed by atoms with van der Waals surface area (Å²) in [6, 6.07) is 0.288. The van der Waals surface area contributed by atoms with Crippen molar-refractivity contribution < 1.29 is 9.90 Å². The minimum Gasteiger partial charge on any atom is -0.481 e. The lowest BCUT2D eigenvalue weighted by Gasteiger charge is -2.15. The Bertz CT molecular complexity index is 149. The van der Waals surface area contributed by atoms with Gasteiger partial charge in [-0.05, 0) is 27.4 Å². The average molecular weight is 188 g/mol. The number of likely N-dealkylation sites (N-methyl/N-ethyl adjacent to an activating group) is 1. The molecule has 4 heteroatoms. The summed E-state index contributed by atoms with van der Waals surface area (Å²) in [5.41, 5.74) is 0. The van der Waals surface area contributed by atoms with Gasteiger partial charge < -0.3 is 15.3 Å². The van der Waals surface area contributed by atoms with Crippen LogP contribution in [0.3, 0.4) is 0 Å². The Balaban J connectivity index is 3.30. The predicted molar refractivity (Wildman–Crippen MR) is 52.9 cm³/mol. The first-order valence-corrected chi connectivity index (χ1v) is 4.62. The van der Waals surface area contributed by atoms with E-state index in [1.54, 1.807) is 0 Å². The predicted octanol–water partition coefficient (Wildman–Crippen LogP) is 0.391. The molecule has 0 aromatic carbocycles. The van der Waals surface area contributed by atoms with E-state index < -0.39 is 5.97 Å². The molecule has 0 amide bonds. The lowest BCUT2D eigenvalue weighted by atomic mass is 10.2. The van der Waals surface area contributed by atoms with Crippen LogP contribution in [0.5, 0.6) is 0 Å². The minimum atomic E-state index is -0.721. The lowest BCUT2D eigenvalue weighted by Crippen LogP contribution is -2.33. The van der Waals surface area contributed by atoms with Gasteiger partial charge in [0, 0.05) is 25.6 Å². The third-order valence-corrected chi connectivity index (χ3v) is 1.84. The van der Waals surface area contributed by atoms with Crippen LogP contribution in [0.1, 0.15) is 19.8 Å². The quantitative estimate of drug-likeness (QED) is 0.607. The molecule has 0 heterocycles. The van der Waals surface area contributed by atoms with Crippen molar-refractivity contribution in [1.29, 1.82) is 0 Å². The second kappa shape index (κ2) is 6.86. The van der Waals surface area contributed by atoms with Gasteiger partial charge in [-0.3, -0.25) is 4.79 Å². The first-order valence-electron chi connectivity index (χ1n) is 4.62. The second-order valence-electron chi connectivity index (χ2n) is 3.59. The highest BCUT2D eigenvalue weighted by atomic mass is 16.4. The molecular formula is C9H20N2O2. The number of aliphatic carboxylic acids is 1. The summed E-state index contributed by atoms with van der Waals surface area (Å²) in [7, 11) is 4.03. The molecule has 0 spiro atoms. The molecule has 78 valence electrons. The Kier molecular flexibility index (Phi) is 6.54. The van der Waals surface area contributed by atoms with E-state index in [0.29, 0.717) is 6.42 Å². The zero-order chi connectivity index (χ0) is 10.3. The van der Waals surface area contributed by atoms with Crippen LogP contribution in [0.25, 0.3) is 0 Å². The van der Waals surface area contributed by atoms with Gasteiger partial charge in [-0.25, -0.2) is 0 Å². The maximum Gasteiger partial charge on any atom is 0.303 e. The third kappa shape index (κ3) is 9.30. The Morgan fingerprint density at radius 3 is 2.62 bits per heavy atom. The van der Waals surface area contributed by atoms with Gasteiger partial charge in [-0.2, -0.15) is 0 Å². The molecule has 0 aliphatic carbocycles. The van der Waals surface area contributed by atoms with E-state index in [2.05, 4.69) is 10.2 Å². The summed E-state index contributed by atoms with van der Waals surface area (Å²) in [6.45, 7) is 3.91. The molecule has 0 aromatic rings. The third-order valence-electron chi connectivity index (χ3n) is 1.84. The van der Waals surface area contributed by atoms with Gasteiger partial charge >= 0.3 is 5.97 Å². The lowest BCUT2D eigenvalue weighted by molar-refractivity contribution is -0.137. The molecule has 0 aliphatic rings. The average Bonchev–Trinajstić information content (AvgIpc) is 2.00. The number of carbonyl (C=O) groups is 1. The summed E-state index contributed by atoms with van der Waals surface area (Å²) in [5, 5.41) is 11.7. The fraction of sp³-hybridized carbons (Fsp3) is 0.889. The number of nitrogens with zero attached hydrogens (tertiary/aromatic N) is 1. The van der Waals surface area contributed by atoms with Crippen molar-refractivity contribution >= 4 is 5.97 Å². The second-order valence-corrected chi connectivity index (χ2v) is 3.59. The maximum absolute atomic E-state index is 10.2. The summed E-state index contributed by atoms with van der Waals surface area (Å²) in [4.78, 5) is 12.3. The number of carboxylic acid groups (broad SMARTS) is 1. The van der Waals surface area contributed by atoms with Crippen molar-refractivity contribution in [2.75, 3.05) is 27.2 Å². The van der Waals surface area contributed by atoms with Crippen LogP contribution in [0.15, 0.2) is 0 Å². The first kappa shape index (κ1) is 12.4. The van der Waals surface area contributed by atoms with Crippen LogP contribution in [0.2, 0.25) is 0 Å². The molecule has 0 fully saturated rings. The minimum absolute atomic E-state index is 0.246. The standard InChI is InChI=1S/C9H20N2O2/c1-8(4-5-9(12)13)10-6-7-11(2)3/h8,10H,4-7H2,1-3H3,(H,12,13). The molecule has 0 bridgehead atoms. The molecule has 0 aromatic heterocycles. The van der Waals surface area contributed by atoms with Crippen LogP contribution in [-0.2, 0) is 4.79 Å². The van der Waals surface area contributed by atoms with Gasteiger partial charge in [0.2, 0.25) is 0 Å². The van der Waals surface area contributed by atoms with Gasteiger partial charge in [0.1, 0.15) is 0 Å². The number of rotatable bonds is 7. The Morgan fingerprint density at radius 2 is 2.15 bits per heavy atom. The molecular weight excluding hydrogens is 168 g/mol. The monoisotopic (exact) mass is 188 g/mol. The van der Waals surface area contributed by atoms with E-state index >= 15 is 0 Å². The van der Waals surface area contributed by atoms with E-state index in [-0.39, 0.29) is 12.5 Å². The molecule has 4 nitrogen and oxygen atoms in total. The molecule has 0 saturated carbocycles. The molecule has 1 unspecified atom stereocenters. The van der Waals surface area contributed by atoms with Crippen LogP contribution < -0.4 is 5.32 Å². The van der Waals surface area contributed by atoms with Gasteiger partial charge in [-0.1, -0.05) is 0 Å². The van der Waals surface area contributed by atoms with Gasteiger partial charge in [-0.15, -0.1) is 0 Å². The number of nitrogens with one attached hydrogen (secondary N) is 1. The highest BCUT2D eigenvalue weighted by Gasteiger charge is 2.03. The molecule has 13 heavy (non-hydrogen) atoms. The fourth-order valence-corrected chi connectivity index (χ4v) is 0.977. The van der Waals surface area contributed by atoms with Crippen molar-refractivity contribution in [3.05, 3.63) is 0 Å². The van der Waals surface area contributed by atoms with Crippen LogP contribution in [0.4, 0.5) is 0 Å². The molecule has 0 rings (SSSR count). The number of hydrogen-bond donors (Lipinski definition) is 2. The molecule has 0 saturated heterocycles. The largest absolute Gasteiger partial charge is 0.481 e. The topological polar surface area (TPSA) is 52.6 Å². The highest BCUT2D eigenvalue weighted by Crippen LogP contribution is 1.95. The van der Waals surface area contributed by atoms with Crippen molar-refractivity contribution in [3.63, 3.8) is 0 Å². The van der Waals surface area contributed by atoms with E-state index in [1.165, 1.54) is 0 Å². The fourth-order valence-electron chi connectivity index (χ4n) is 0.977. The number of carboxylic acids is 1. The van der Waals surface area contributed by atoms with Crippen LogP contribution >= 0.6 is 0 Å².